The first-order valence-electron chi connectivity index (χ1n) is 9.12. The van der Waals surface area contributed by atoms with E-state index in [0.29, 0.717) is 11.2 Å². The van der Waals surface area contributed by atoms with Crippen molar-refractivity contribution in [1.29, 1.82) is 0 Å². The number of nitrogens with one attached hydrogen (secondary N) is 1. The second-order valence-corrected chi connectivity index (χ2v) is 6.73. The summed E-state index contributed by atoms with van der Waals surface area (Å²) in [6.45, 7) is 3.52. The SMILES string of the molecule is COc1cccc(Nc2c(C(=O)N3CCCC3)cnc3nc(C)ccc23)c1.Cl. The third-order valence-electron chi connectivity index (χ3n) is 4.83. The maximum absolute atomic E-state index is 13.1. The Bertz CT molecular complexity index is 1000. The molecule has 1 fully saturated rings. The summed E-state index contributed by atoms with van der Waals surface area (Å²) < 4.78 is 5.31. The van der Waals surface area contributed by atoms with E-state index in [9.17, 15) is 4.79 Å². The molecule has 2 aromatic heterocycles. The summed E-state index contributed by atoms with van der Waals surface area (Å²) in [5, 5.41) is 4.23. The zero-order valence-corrected chi connectivity index (χ0v) is 16.8. The van der Waals surface area contributed by atoms with E-state index in [1.165, 1.54) is 0 Å². The van der Waals surface area contributed by atoms with Crippen LogP contribution in [0.1, 0.15) is 28.9 Å². The number of amides is 1. The lowest BCUT2D eigenvalue weighted by Gasteiger charge is -2.19. The number of carbonyl (C=O) groups excluding carboxylic acids is 1. The topological polar surface area (TPSA) is 67.3 Å². The van der Waals surface area contributed by atoms with Gasteiger partial charge in [-0.15, -0.1) is 12.4 Å². The average molecular weight is 399 g/mol. The van der Waals surface area contributed by atoms with Crippen LogP contribution in [0.5, 0.6) is 5.75 Å². The smallest absolute Gasteiger partial charge is 0.257 e. The van der Waals surface area contributed by atoms with Gasteiger partial charge in [-0.05, 0) is 44.0 Å². The fourth-order valence-electron chi connectivity index (χ4n) is 3.40. The van der Waals surface area contributed by atoms with Gasteiger partial charge in [0.25, 0.3) is 5.91 Å². The second kappa shape index (κ2) is 8.44. The summed E-state index contributed by atoms with van der Waals surface area (Å²) in [4.78, 5) is 23.9. The molecule has 0 atom stereocenters. The quantitative estimate of drug-likeness (QED) is 0.707. The first-order chi connectivity index (χ1) is 13.2. The van der Waals surface area contributed by atoms with Gasteiger partial charge in [-0.2, -0.15) is 0 Å². The first-order valence-corrected chi connectivity index (χ1v) is 9.12. The summed E-state index contributed by atoms with van der Waals surface area (Å²) in [5.41, 5.74) is 3.66. The van der Waals surface area contributed by atoms with Crippen LogP contribution in [0, 0.1) is 6.92 Å². The summed E-state index contributed by atoms with van der Waals surface area (Å²) in [5.74, 6) is 0.757. The Hall–Kier alpha value is -2.86. The van der Waals surface area contributed by atoms with Gasteiger partial charge in [0, 0.05) is 42.1 Å². The fraction of sp³-hybridized carbons (Fsp3) is 0.286. The maximum Gasteiger partial charge on any atom is 0.257 e. The van der Waals surface area contributed by atoms with Gasteiger partial charge in [0.15, 0.2) is 5.65 Å². The maximum atomic E-state index is 13.1. The molecule has 0 unspecified atom stereocenters. The molecular formula is C21H23ClN4O2. The van der Waals surface area contributed by atoms with Crippen LogP contribution in [-0.2, 0) is 0 Å². The van der Waals surface area contributed by atoms with Crippen LogP contribution in [0.3, 0.4) is 0 Å². The van der Waals surface area contributed by atoms with Crippen LogP contribution in [0.2, 0.25) is 0 Å². The van der Waals surface area contributed by atoms with Gasteiger partial charge in [-0.1, -0.05) is 6.07 Å². The molecule has 1 aliphatic heterocycles. The zero-order chi connectivity index (χ0) is 18.8. The number of pyridine rings is 2. The Labute approximate surface area is 170 Å². The van der Waals surface area contributed by atoms with E-state index in [2.05, 4.69) is 15.3 Å². The number of aryl methyl sites for hydroxylation is 1. The molecule has 1 amide bonds. The molecule has 0 radical (unpaired) electrons. The number of hydrogen-bond donors (Lipinski definition) is 1. The molecule has 1 aromatic carbocycles. The fourth-order valence-corrected chi connectivity index (χ4v) is 3.40. The van der Waals surface area contributed by atoms with E-state index in [1.807, 2.05) is 48.2 Å². The number of anilines is 2. The Morgan fingerprint density at radius 1 is 1.18 bits per heavy atom. The number of aromatic nitrogens is 2. The van der Waals surface area contributed by atoms with Crippen molar-refractivity contribution in [3.05, 3.63) is 53.9 Å². The van der Waals surface area contributed by atoms with Crippen LogP contribution in [0.25, 0.3) is 11.0 Å². The third kappa shape index (κ3) is 3.87. The summed E-state index contributed by atoms with van der Waals surface area (Å²) >= 11 is 0. The molecule has 0 bridgehead atoms. The van der Waals surface area contributed by atoms with Crippen LogP contribution < -0.4 is 10.1 Å². The van der Waals surface area contributed by atoms with Crippen molar-refractivity contribution < 1.29 is 9.53 Å². The molecule has 28 heavy (non-hydrogen) atoms. The lowest BCUT2D eigenvalue weighted by molar-refractivity contribution is 0.0793. The Balaban J connectivity index is 0.00000225. The second-order valence-electron chi connectivity index (χ2n) is 6.73. The molecule has 6 nitrogen and oxygen atoms in total. The molecular weight excluding hydrogens is 376 g/mol. The van der Waals surface area contributed by atoms with Crippen molar-refractivity contribution in [1.82, 2.24) is 14.9 Å². The van der Waals surface area contributed by atoms with Crippen LogP contribution in [-0.4, -0.2) is 41.0 Å². The highest BCUT2D eigenvalue weighted by atomic mass is 35.5. The highest BCUT2D eigenvalue weighted by molar-refractivity contribution is 6.07. The van der Waals surface area contributed by atoms with Crippen molar-refractivity contribution in [3.63, 3.8) is 0 Å². The molecule has 7 heteroatoms. The van der Waals surface area contributed by atoms with Crippen molar-refractivity contribution in [3.8, 4) is 5.75 Å². The van der Waals surface area contributed by atoms with Crippen LogP contribution >= 0.6 is 12.4 Å². The zero-order valence-electron chi connectivity index (χ0n) is 15.9. The van der Waals surface area contributed by atoms with E-state index in [0.717, 1.165) is 54.1 Å². The number of hydrogen-bond acceptors (Lipinski definition) is 5. The standard InChI is InChI=1S/C21H22N4O2.ClH/c1-14-8-9-17-19(24-15-6-5-7-16(12-15)27-2)18(13-22-20(17)23-14)21(26)25-10-3-4-11-25;/h5-9,12-13H,3-4,10-11H2,1-2H3,(H,22,23,24);1H. The summed E-state index contributed by atoms with van der Waals surface area (Å²) in [6.07, 6.45) is 3.73. The highest BCUT2D eigenvalue weighted by Crippen LogP contribution is 2.31. The van der Waals surface area contributed by atoms with Gasteiger partial charge < -0.3 is 15.0 Å². The Kier molecular flexibility index (Phi) is 5.99. The molecule has 0 aliphatic carbocycles. The summed E-state index contributed by atoms with van der Waals surface area (Å²) in [6, 6.07) is 11.5. The van der Waals surface area contributed by atoms with E-state index in [-0.39, 0.29) is 18.3 Å². The minimum absolute atomic E-state index is 0. The van der Waals surface area contributed by atoms with Crippen LogP contribution in [0.15, 0.2) is 42.6 Å². The molecule has 3 aromatic rings. The lowest BCUT2D eigenvalue weighted by Crippen LogP contribution is -2.28. The largest absolute Gasteiger partial charge is 0.497 e. The van der Waals surface area contributed by atoms with Gasteiger partial charge >= 0.3 is 0 Å². The minimum Gasteiger partial charge on any atom is -0.497 e. The van der Waals surface area contributed by atoms with Gasteiger partial charge in [0.05, 0.1) is 18.4 Å². The normalized spacial score (nSPS) is 13.3. The van der Waals surface area contributed by atoms with E-state index >= 15 is 0 Å². The van der Waals surface area contributed by atoms with Crippen molar-refractivity contribution >= 4 is 40.7 Å². The molecule has 3 heterocycles. The number of rotatable bonds is 4. The van der Waals surface area contributed by atoms with Gasteiger partial charge in [0.1, 0.15) is 5.75 Å². The number of fused-ring (bicyclic) bond motifs is 1. The molecule has 1 saturated heterocycles. The lowest BCUT2D eigenvalue weighted by atomic mass is 10.1. The number of likely N-dealkylation sites (tertiary alicyclic amines) is 1. The average Bonchev–Trinajstić information content (AvgIpc) is 3.22. The number of methoxy groups -OCH3 is 1. The van der Waals surface area contributed by atoms with Crippen molar-refractivity contribution in [2.24, 2.45) is 0 Å². The Morgan fingerprint density at radius 2 is 1.96 bits per heavy atom. The first kappa shape index (κ1) is 19.9. The minimum atomic E-state index is 0. The van der Waals surface area contributed by atoms with E-state index < -0.39 is 0 Å². The number of halogens is 1. The predicted octanol–water partition coefficient (Wildman–Crippen LogP) is 4.35. The third-order valence-corrected chi connectivity index (χ3v) is 4.83. The molecule has 0 spiro atoms. The van der Waals surface area contributed by atoms with Gasteiger partial charge in [0.2, 0.25) is 0 Å². The van der Waals surface area contributed by atoms with Gasteiger partial charge in [-0.3, -0.25) is 4.79 Å². The number of benzene rings is 1. The van der Waals surface area contributed by atoms with E-state index in [4.69, 9.17) is 4.74 Å². The number of ether oxygens (including phenoxy) is 1. The predicted molar refractivity (Wildman–Crippen MR) is 113 cm³/mol. The monoisotopic (exact) mass is 398 g/mol. The molecule has 1 N–H and O–H groups in total. The molecule has 4 rings (SSSR count). The highest BCUT2D eigenvalue weighted by Gasteiger charge is 2.24. The van der Waals surface area contributed by atoms with E-state index in [1.54, 1.807) is 13.3 Å². The van der Waals surface area contributed by atoms with Crippen LogP contribution in [0.4, 0.5) is 11.4 Å². The van der Waals surface area contributed by atoms with Crippen molar-refractivity contribution in [2.75, 3.05) is 25.5 Å². The molecule has 0 saturated carbocycles. The number of carbonyl (C=O) groups is 1. The number of nitrogens with zero attached hydrogens (tertiary/aromatic N) is 3. The van der Waals surface area contributed by atoms with Gasteiger partial charge in [-0.25, -0.2) is 9.97 Å². The molecule has 1 aliphatic rings. The summed E-state index contributed by atoms with van der Waals surface area (Å²) in [7, 11) is 1.63. The Morgan fingerprint density at radius 3 is 2.71 bits per heavy atom. The van der Waals surface area contributed by atoms with Crippen molar-refractivity contribution in [2.45, 2.75) is 19.8 Å². The molecule has 146 valence electrons.